The molecule has 1 aliphatic carbocycles. The van der Waals surface area contributed by atoms with Crippen molar-refractivity contribution in [3.8, 4) is 0 Å². The number of nitrogens with zero attached hydrogens (tertiary/aromatic N) is 3. The molecule has 0 bridgehead atoms. The Labute approximate surface area is 126 Å². The maximum absolute atomic E-state index is 12.9. The number of piperidine rings is 1. The molecule has 21 heavy (non-hydrogen) atoms. The van der Waals surface area contributed by atoms with Gasteiger partial charge < -0.3 is 10.2 Å². The second-order valence-corrected chi connectivity index (χ2v) is 6.32. The third-order valence-corrected chi connectivity index (χ3v) is 4.41. The molecule has 0 radical (unpaired) electrons. The Hall–Kier alpha value is -1.49. The van der Waals surface area contributed by atoms with Crippen molar-refractivity contribution in [3.05, 3.63) is 23.0 Å². The van der Waals surface area contributed by atoms with E-state index in [0.717, 1.165) is 37.3 Å². The molecule has 2 heterocycles. The van der Waals surface area contributed by atoms with Gasteiger partial charge in [0.15, 0.2) is 0 Å². The van der Waals surface area contributed by atoms with Gasteiger partial charge in [0.1, 0.15) is 0 Å². The summed E-state index contributed by atoms with van der Waals surface area (Å²) in [4.78, 5) is 15.0. The number of amides is 1. The van der Waals surface area contributed by atoms with Crippen molar-refractivity contribution in [3.63, 3.8) is 0 Å². The lowest BCUT2D eigenvalue weighted by Gasteiger charge is -2.31. The Kier molecular flexibility index (Phi) is 4.19. The van der Waals surface area contributed by atoms with E-state index in [2.05, 4.69) is 20.4 Å². The fourth-order valence-corrected chi connectivity index (χ4v) is 3.02. The molecule has 1 saturated carbocycles. The van der Waals surface area contributed by atoms with Crippen LogP contribution in [0.15, 0.2) is 6.07 Å². The molecule has 2 fully saturated rings. The number of carbonyl (C=O) groups excluding carboxylic acids is 1. The Morgan fingerprint density at radius 3 is 2.76 bits per heavy atom. The molecule has 3 rings (SSSR count). The van der Waals surface area contributed by atoms with E-state index in [4.69, 9.17) is 0 Å². The summed E-state index contributed by atoms with van der Waals surface area (Å²) < 4.78 is 0. The number of nitrogens with one attached hydrogen (secondary N) is 1. The average molecular weight is 288 g/mol. The monoisotopic (exact) mass is 288 g/mol. The molecule has 114 valence electrons. The quantitative estimate of drug-likeness (QED) is 0.918. The van der Waals surface area contributed by atoms with Crippen LogP contribution in [0.1, 0.15) is 53.8 Å². The number of hydrogen-bond acceptors (Lipinski definition) is 4. The van der Waals surface area contributed by atoms with E-state index in [9.17, 15) is 4.79 Å². The lowest BCUT2D eigenvalue weighted by molar-refractivity contribution is 0.0716. The van der Waals surface area contributed by atoms with Crippen molar-refractivity contribution in [2.24, 2.45) is 0 Å². The molecule has 1 aromatic heterocycles. The lowest BCUT2D eigenvalue weighted by Crippen LogP contribution is -2.46. The minimum Gasteiger partial charge on any atom is -0.334 e. The van der Waals surface area contributed by atoms with E-state index < -0.39 is 0 Å². The van der Waals surface area contributed by atoms with Crippen LogP contribution in [-0.2, 0) is 0 Å². The minimum atomic E-state index is 0.125. The highest BCUT2D eigenvalue weighted by atomic mass is 16.2. The van der Waals surface area contributed by atoms with Crippen molar-refractivity contribution in [1.29, 1.82) is 0 Å². The van der Waals surface area contributed by atoms with Crippen molar-refractivity contribution in [1.82, 2.24) is 20.4 Å². The summed E-state index contributed by atoms with van der Waals surface area (Å²) in [5.41, 5.74) is 2.24. The molecule has 1 aromatic rings. The molecule has 1 unspecified atom stereocenters. The Balaban J connectivity index is 1.76. The number of carbonyl (C=O) groups is 1. The molecule has 2 aliphatic rings. The van der Waals surface area contributed by atoms with Gasteiger partial charge in [-0.1, -0.05) is 6.42 Å². The highest BCUT2D eigenvalue weighted by Crippen LogP contribution is 2.29. The van der Waals surface area contributed by atoms with Crippen LogP contribution in [0, 0.1) is 13.8 Å². The van der Waals surface area contributed by atoms with Crippen LogP contribution in [0.2, 0.25) is 0 Å². The molecular formula is C16H24N4O. The zero-order valence-electron chi connectivity index (χ0n) is 12.9. The second-order valence-electron chi connectivity index (χ2n) is 6.32. The number of aromatic nitrogens is 2. The normalized spacial score (nSPS) is 22.1. The van der Waals surface area contributed by atoms with E-state index in [1.165, 1.54) is 19.3 Å². The minimum absolute atomic E-state index is 0.125. The first-order chi connectivity index (χ1) is 10.1. The Morgan fingerprint density at radius 2 is 2.10 bits per heavy atom. The molecule has 5 nitrogen and oxygen atoms in total. The summed E-state index contributed by atoms with van der Waals surface area (Å²) in [6, 6.07) is 2.74. The average Bonchev–Trinajstić information content (AvgIpc) is 3.32. The van der Waals surface area contributed by atoms with Gasteiger partial charge in [0, 0.05) is 18.6 Å². The van der Waals surface area contributed by atoms with Crippen LogP contribution < -0.4 is 5.32 Å². The molecule has 1 atom stereocenters. The van der Waals surface area contributed by atoms with E-state index >= 15 is 0 Å². The van der Waals surface area contributed by atoms with Gasteiger partial charge in [0.2, 0.25) is 0 Å². The maximum Gasteiger partial charge on any atom is 0.256 e. The molecule has 1 aliphatic heterocycles. The molecule has 5 heteroatoms. The van der Waals surface area contributed by atoms with Crippen LogP contribution in [0.25, 0.3) is 0 Å². The molecular weight excluding hydrogens is 264 g/mol. The van der Waals surface area contributed by atoms with Gasteiger partial charge in [-0.3, -0.25) is 4.79 Å². The van der Waals surface area contributed by atoms with Crippen molar-refractivity contribution >= 4 is 5.91 Å². The summed E-state index contributed by atoms with van der Waals surface area (Å²) in [7, 11) is 0. The number of rotatable bonds is 4. The summed E-state index contributed by atoms with van der Waals surface area (Å²) in [6.07, 6.45) is 5.95. The third kappa shape index (κ3) is 3.40. The Bertz CT molecular complexity index is 521. The standard InChI is InChI=1S/C16H24N4O/c1-11-9-15(12(2)19-18-11)16(21)20(14-6-7-14)10-13-5-3-4-8-17-13/h9,13-14,17H,3-8,10H2,1-2H3. The van der Waals surface area contributed by atoms with Crippen molar-refractivity contribution < 1.29 is 4.79 Å². The highest BCUT2D eigenvalue weighted by Gasteiger charge is 2.35. The van der Waals surface area contributed by atoms with Gasteiger partial charge in [-0.05, 0) is 52.1 Å². The first-order valence-electron chi connectivity index (χ1n) is 8.00. The molecule has 0 spiro atoms. The van der Waals surface area contributed by atoms with Gasteiger partial charge >= 0.3 is 0 Å². The lowest BCUT2D eigenvalue weighted by atomic mass is 10.0. The van der Waals surface area contributed by atoms with Crippen molar-refractivity contribution in [2.75, 3.05) is 13.1 Å². The smallest absolute Gasteiger partial charge is 0.256 e. The molecule has 1 amide bonds. The zero-order chi connectivity index (χ0) is 14.8. The largest absolute Gasteiger partial charge is 0.334 e. The molecule has 0 aromatic carbocycles. The molecule has 1 N–H and O–H groups in total. The second kappa shape index (κ2) is 6.10. The first-order valence-corrected chi connectivity index (χ1v) is 8.00. The fourth-order valence-electron chi connectivity index (χ4n) is 3.02. The summed E-state index contributed by atoms with van der Waals surface area (Å²) >= 11 is 0. The van der Waals surface area contributed by atoms with E-state index in [-0.39, 0.29) is 5.91 Å². The molecule has 1 saturated heterocycles. The van der Waals surface area contributed by atoms with E-state index in [1.807, 2.05) is 19.9 Å². The first kappa shape index (κ1) is 14.4. The third-order valence-electron chi connectivity index (χ3n) is 4.41. The predicted molar refractivity (Wildman–Crippen MR) is 81.2 cm³/mol. The predicted octanol–water partition coefficient (Wildman–Crippen LogP) is 1.84. The van der Waals surface area contributed by atoms with Crippen LogP contribution in [0.3, 0.4) is 0 Å². The fraction of sp³-hybridized carbons (Fsp3) is 0.688. The number of hydrogen-bond donors (Lipinski definition) is 1. The van der Waals surface area contributed by atoms with Gasteiger partial charge in [0.25, 0.3) is 5.91 Å². The summed E-state index contributed by atoms with van der Waals surface area (Å²) in [6.45, 7) is 5.65. The summed E-state index contributed by atoms with van der Waals surface area (Å²) in [5, 5.41) is 11.7. The van der Waals surface area contributed by atoms with Crippen molar-refractivity contribution in [2.45, 2.75) is 58.0 Å². The maximum atomic E-state index is 12.9. The zero-order valence-corrected chi connectivity index (χ0v) is 12.9. The number of aryl methyl sites for hydroxylation is 2. The van der Waals surface area contributed by atoms with Crippen LogP contribution in [-0.4, -0.2) is 46.2 Å². The van der Waals surface area contributed by atoms with Crippen LogP contribution in [0.4, 0.5) is 0 Å². The summed E-state index contributed by atoms with van der Waals surface area (Å²) in [5.74, 6) is 0.125. The topological polar surface area (TPSA) is 58.1 Å². The van der Waals surface area contributed by atoms with E-state index in [1.54, 1.807) is 0 Å². The van der Waals surface area contributed by atoms with Crippen LogP contribution >= 0.6 is 0 Å². The Morgan fingerprint density at radius 1 is 1.29 bits per heavy atom. The van der Waals surface area contributed by atoms with Gasteiger partial charge in [-0.25, -0.2) is 0 Å². The highest BCUT2D eigenvalue weighted by molar-refractivity contribution is 5.95. The van der Waals surface area contributed by atoms with Gasteiger partial charge in [-0.15, -0.1) is 0 Å². The van der Waals surface area contributed by atoms with Gasteiger partial charge in [-0.2, -0.15) is 10.2 Å². The van der Waals surface area contributed by atoms with E-state index in [0.29, 0.717) is 17.6 Å². The van der Waals surface area contributed by atoms with Crippen LogP contribution in [0.5, 0.6) is 0 Å². The SMILES string of the molecule is Cc1cc(C(=O)N(CC2CCCCN2)C2CC2)c(C)nn1. The van der Waals surface area contributed by atoms with Gasteiger partial charge in [0.05, 0.1) is 17.0 Å².